The van der Waals surface area contributed by atoms with Gasteiger partial charge in [0.05, 0.1) is 22.8 Å². The molecule has 1 aromatic heterocycles. The van der Waals surface area contributed by atoms with Crippen LogP contribution in [0.2, 0.25) is 0 Å². The number of fused-ring (bicyclic) bond motifs is 1. The van der Waals surface area contributed by atoms with Crippen molar-refractivity contribution < 1.29 is 14.4 Å². The van der Waals surface area contributed by atoms with Crippen LogP contribution in [0.15, 0.2) is 24.3 Å². The second kappa shape index (κ2) is 7.72. The molecule has 154 valence electrons. The number of hydrazine groups is 1. The van der Waals surface area contributed by atoms with Crippen molar-refractivity contribution in [2.24, 2.45) is 0 Å². The number of nitrogens with zero attached hydrogens (tertiary/aromatic N) is 3. The van der Waals surface area contributed by atoms with E-state index in [4.69, 9.17) is 4.98 Å². The first-order valence-corrected chi connectivity index (χ1v) is 10.8. The van der Waals surface area contributed by atoms with Gasteiger partial charge in [-0.1, -0.05) is 25.5 Å². The van der Waals surface area contributed by atoms with E-state index < -0.39 is 17.5 Å². The van der Waals surface area contributed by atoms with Crippen molar-refractivity contribution in [1.82, 2.24) is 25.6 Å². The Hall–Kier alpha value is -2.52. The maximum Gasteiger partial charge on any atom is 0.344 e. The van der Waals surface area contributed by atoms with Gasteiger partial charge in [-0.05, 0) is 44.9 Å². The molecule has 4 rings (SSSR count). The molecular weight excluding hydrogens is 390 g/mol. The van der Waals surface area contributed by atoms with Gasteiger partial charge < -0.3 is 5.32 Å². The SMILES string of the molecule is CC[C@]1(C)NC(=O)N(NC(=O)CN2CCCC[C@H]2c2nc3ccccc3s2)C1=O. The van der Waals surface area contributed by atoms with Crippen molar-refractivity contribution >= 4 is 39.4 Å². The summed E-state index contributed by atoms with van der Waals surface area (Å²) in [6.45, 7) is 4.37. The average Bonchev–Trinajstić information content (AvgIpc) is 3.23. The summed E-state index contributed by atoms with van der Waals surface area (Å²) < 4.78 is 1.13. The van der Waals surface area contributed by atoms with E-state index >= 15 is 0 Å². The van der Waals surface area contributed by atoms with Crippen LogP contribution in [-0.4, -0.2) is 51.4 Å². The van der Waals surface area contributed by atoms with E-state index in [9.17, 15) is 14.4 Å². The van der Waals surface area contributed by atoms with Gasteiger partial charge in [0.15, 0.2) is 0 Å². The first-order valence-electron chi connectivity index (χ1n) is 9.97. The number of hydrogen-bond donors (Lipinski definition) is 2. The number of carbonyl (C=O) groups excluding carboxylic acids is 3. The number of para-hydroxylation sites is 1. The van der Waals surface area contributed by atoms with Gasteiger partial charge in [-0.15, -0.1) is 11.3 Å². The van der Waals surface area contributed by atoms with Crippen LogP contribution in [0.5, 0.6) is 0 Å². The van der Waals surface area contributed by atoms with Gasteiger partial charge in [-0.2, -0.15) is 5.01 Å². The van der Waals surface area contributed by atoms with Crippen LogP contribution in [0.25, 0.3) is 10.2 Å². The summed E-state index contributed by atoms with van der Waals surface area (Å²) in [4.78, 5) is 44.1. The molecule has 3 heterocycles. The third-order valence-electron chi connectivity index (χ3n) is 5.76. The predicted molar refractivity (Wildman–Crippen MR) is 110 cm³/mol. The molecule has 29 heavy (non-hydrogen) atoms. The fraction of sp³-hybridized carbons (Fsp3) is 0.500. The largest absolute Gasteiger partial charge is 0.344 e. The van der Waals surface area contributed by atoms with Crippen molar-refractivity contribution in [2.45, 2.75) is 51.1 Å². The summed E-state index contributed by atoms with van der Waals surface area (Å²) in [5.74, 6) is -0.804. The molecule has 9 heteroatoms. The van der Waals surface area contributed by atoms with Crippen LogP contribution in [-0.2, 0) is 9.59 Å². The second-order valence-electron chi connectivity index (χ2n) is 7.79. The molecule has 2 fully saturated rings. The number of thiazole rings is 1. The van der Waals surface area contributed by atoms with Crippen molar-refractivity contribution in [3.05, 3.63) is 29.3 Å². The fourth-order valence-electron chi connectivity index (χ4n) is 3.86. The van der Waals surface area contributed by atoms with Crippen LogP contribution >= 0.6 is 11.3 Å². The summed E-state index contributed by atoms with van der Waals surface area (Å²) in [6.07, 6.45) is 3.48. The van der Waals surface area contributed by atoms with Gasteiger partial charge in [0.2, 0.25) is 0 Å². The van der Waals surface area contributed by atoms with Crippen molar-refractivity contribution in [3.63, 3.8) is 0 Å². The third kappa shape index (κ3) is 3.72. The number of likely N-dealkylation sites (tertiary alicyclic amines) is 1. The molecule has 2 aliphatic heterocycles. The number of hydrogen-bond acceptors (Lipinski definition) is 6. The lowest BCUT2D eigenvalue weighted by Crippen LogP contribution is -2.51. The van der Waals surface area contributed by atoms with Gasteiger partial charge >= 0.3 is 6.03 Å². The number of benzene rings is 1. The van der Waals surface area contributed by atoms with E-state index in [1.54, 1.807) is 18.3 Å². The molecule has 1 aromatic carbocycles. The van der Waals surface area contributed by atoms with Crippen LogP contribution < -0.4 is 10.7 Å². The molecular formula is C20H25N5O3S. The minimum absolute atomic E-state index is 0.0657. The highest BCUT2D eigenvalue weighted by atomic mass is 32.1. The molecule has 0 bridgehead atoms. The summed E-state index contributed by atoms with van der Waals surface area (Å²) in [5, 5.41) is 4.45. The van der Waals surface area contributed by atoms with Gasteiger partial charge in [-0.25, -0.2) is 9.78 Å². The minimum atomic E-state index is -0.973. The zero-order valence-electron chi connectivity index (χ0n) is 16.6. The quantitative estimate of drug-likeness (QED) is 0.732. The molecule has 0 unspecified atom stereocenters. The number of piperidine rings is 1. The number of amides is 4. The van der Waals surface area contributed by atoms with E-state index in [-0.39, 0.29) is 18.5 Å². The number of imide groups is 1. The Morgan fingerprint density at radius 1 is 1.34 bits per heavy atom. The Kier molecular flexibility index (Phi) is 5.26. The van der Waals surface area contributed by atoms with Crippen molar-refractivity contribution in [1.29, 1.82) is 0 Å². The standard InChI is InChI=1S/C20H25N5O3S/c1-3-20(2)18(27)25(19(28)22-20)23-16(26)12-24-11-7-6-9-14(24)17-21-13-8-4-5-10-15(13)29-17/h4-5,8,10,14H,3,6-7,9,11-12H2,1-2H3,(H,22,28)(H,23,26)/t14-,20-/m0/s1. The third-order valence-corrected chi connectivity index (χ3v) is 6.90. The van der Waals surface area contributed by atoms with Gasteiger partial charge in [0.1, 0.15) is 10.5 Å². The molecule has 4 amide bonds. The number of carbonyl (C=O) groups is 3. The molecule has 2 aromatic rings. The molecule has 2 saturated heterocycles. The number of urea groups is 1. The fourth-order valence-corrected chi connectivity index (χ4v) is 5.00. The Labute approximate surface area is 173 Å². The zero-order chi connectivity index (χ0) is 20.6. The van der Waals surface area contributed by atoms with Crippen LogP contribution in [0.4, 0.5) is 4.79 Å². The lowest BCUT2D eigenvalue weighted by Gasteiger charge is -2.34. The minimum Gasteiger partial charge on any atom is -0.322 e. The predicted octanol–water partition coefficient (Wildman–Crippen LogP) is 2.58. The Morgan fingerprint density at radius 3 is 2.86 bits per heavy atom. The Bertz CT molecular complexity index is 927. The lowest BCUT2D eigenvalue weighted by atomic mass is 10.00. The molecule has 0 spiro atoms. The van der Waals surface area contributed by atoms with Crippen LogP contribution in [0, 0.1) is 0 Å². The molecule has 2 N–H and O–H groups in total. The average molecular weight is 416 g/mol. The van der Waals surface area contributed by atoms with E-state index in [0.717, 1.165) is 46.0 Å². The van der Waals surface area contributed by atoms with E-state index in [0.29, 0.717) is 6.42 Å². The first-order chi connectivity index (χ1) is 13.9. The van der Waals surface area contributed by atoms with E-state index in [1.165, 1.54) is 0 Å². The normalized spacial score (nSPS) is 25.4. The van der Waals surface area contributed by atoms with Crippen LogP contribution in [0.3, 0.4) is 0 Å². The lowest BCUT2D eigenvalue weighted by molar-refractivity contribution is -0.139. The molecule has 2 atom stereocenters. The summed E-state index contributed by atoms with van der Waals surface area (Å²) in [5.41, 5.74) is 2.49. The topological polar surface area (TPSA) is 94.6 Å². The van der Waals surface area contributed by atoms with Gasteiger partial charge in [0, 0.05) is 0 Å². The monoisotopic (exact) mass is 415 g/mol. The smallest absolute Gasteiger partial charge is 0.322 e. The molecule has 0 aliphatic carbocycles. The Balaban J connectivity index is 1.46. The van der Waals surface area contributed by atoms with Crippen LogP contribution in [0.1, 0.15) is 50.6 Å². The molecule has 8 nitrogen and oxygen atoms in total. The van der Waals surface area contributed by atoms with E-state index in [1.807, 2.05) is 25.1 Å². The molecule has 0 saturated carbocycles. The number of rotatable bonds is 5. The van der Waals surface area contributed by atoms with Crippen molar-refractivity contribution in [2.75, 3.05) is 13.1 Å². The summed E-state index contributed by atoms with van der Waals surface area (Å²) in [7, 11) is 0. The first kappa shape index (κ1) is 19.8. The van der Waals surface area contributed by atoms with Gasteiger partial charge in [-0.3, -0.25) is 19.9 Å². The highest BCUT2D eigenvalue weighted by Gasteiger charge is 2.47. The maximum atomic E-state index is 12.7. The summed E-state index contributed by atoms with van der Waals surface area (Å²) in [6, 6.07) is 7.50. The van der Waals surface area contributed by atoms with Gasteiger partial charge in [0.25, 0.3) is 11.8 Å². The number of nitrogens with one attached hydrogen (secondary N) is 2. The highest BCUT2D eigenvalue weighted by Crippen LogP contribution is 2.35. The molecule has 0 radical (unpaired) electrons. The van der Waals surface area contributed by atoms with Crippen molar-refractivity contribution in [3.8, 4) is 0 Å². The second-order valence-corrected chi connectivity index (χ2v) is 8.86. The maximum absolute atomic E-state index is 12.7. The Morgan fingerprint density at radius 2 is 2.14 bits per heavy atom. The van der Waals surface area contributed by atoms with E-state index in [2.05, 4.69) is 21.7 Å². The number of aromatic nitrogens is 1. The molecule has 2 aliphatic rings. The summed E-state index contributed by atoms with van der Waals surface area (Å²) >= 11 is 1.66. The highest BCUT2D eigenvalue weighted by molar-refractivity contribution is 7.18. The zero-order valence-corrected chi connectivity index (χ0v) is 17.4.